The van der Waals surface area contributed by atoms with Crippen LogP contribution in [0.1, 0.15) is 41.3 Å². The van der Waals surface area contributed by atoms with Gasteiger partial charge in [0.1, 0.15) is 6.61 Å². The van der Waals surface area contributed by atoms with Crippen molar-refractivity contribution in [3.05, 3.63) is 71.3 Å². The van der Waals surface area contributed by atoms with Gasteiger partial charge >= 0.3 is 6.09 Å². The first kappa shape index (κ1) is 18.2. The molecule has 0 N–H and O–H groups in total. The summed E-state index contributed by atoms with van der Waals surface area (Å²) < 4.78 is 5.41. The fourth-order valence-corrected chi connectivity index (χ4v) is 3.34. The Morgan fingerprint density at radius 3 is 2.23 bits per heavy atom. The van der Waals surface area contributed by atoms with Crippen molar-refractivity contribution < 1.29 is 14.3 Å². The summed E-state index contributed by atoms with van der Waals surface area (Å²) in [7, 11) is 0. The van der Waals surface area contributed by atoms with Crippen molar-refractivity contribution in [2.75, 3.05) is 13.1 Å². The Balaban J connectivity index is 1.43. The Bertz CT molecular complexity index is 732. The van der Waals surface area contributed by atoms with Crippen molar-refractivity contribution in [1.29, 1.82) is 0 Å². The van der Waals surface area contributed by atoms with Gasteiger partial charge in [0.15, 0.2) is 5.78 Å². The van der Waals surface area contributed by atoms with E-state index in [-0.39, 0.29) is 11.9 Å². The summed E-state index contributed by atoms with van der Waals surface area (Å²) >= 11 is 0. The number of ether oxygens (including phenoxy) is 1. The number of piperidine rings is 1. The van der Waals surface area contributed by atoms with Gasteiger partial charge in [0.05, 0.1) is 0 Å². The first-order valence-corrected chi connectivity index (χ1v) is 9.17. The highest BCUT2D eigenvalue weighted by atomic mass is 16.6. The first-order chi connectivity index (χ1) is 12.6. The molecule has 1 saturated heterocycles. The largest absolute Gasteiger partial charge is 0.445 e. The number of rotatable bonds is 5. The van der Waals surface area contributed by atoms with Gasteiger partial charge in [-0.15, -0.1) is 0 Å². The van der Waals surface area contributed by atoms with Crippen molar-refractivity contribution in [2.45, 2.75) is 32.8 Å². The standard InChI is InChI=1S/C22H25NO3/c1-17(24)21-9-7-18(8-10-21)15-19-11-13-23(14-12-19)22(25)26-16-20-5-3-2-4-6-20/h2-10,19H,11-16H2,1H3. The van der Waals surface area contributed by atoms with E-state index in [1.165, 1.54) is 5.56 Å². The van der Waals surface area contributed by atoms with E-state index in [1.807, 2.05) is 54.6 Å². The highest BCUT2D eigenvalue weighted by Gasteiger charge is 2.24. The number of carbonyl (C=O) groups excluding carboxylic acids is 2. The molecular weight excluding hydrogens is 326 g/mol. The van der Waals surface area contributed by atoms with Crippen LogP contribution in [-0.2, 0) is 17.8 Å². The number of carbonyl (C=O) groups is 2. The van der Waals surface area contributed by atoms with Crippen molar-refractivity contribution in [3.63, 3.8) is 0 Å². The van der Waals surface area contributed by atoms with Gasteiger partial charge in [-0.2, -0.15) is 0 Å². The van der Waals surface area contributed by atoms with Crippen molar-refractivity contribution in [1.82, 2.24) is 4.90 Å². The molecule has 0 aromatic heterocycles. The predicted molar refractivity (Wildman–Crippen MR) is 101 cm³/mol. The molecule has 0 spiro atoms. The van der Waals surface area contributed by atoms with Crippen LogP contribution in [0.25, 0.3) is 0 Å². The van der Waals surface area contributed by atoms with E-state index in [1.54, 1.807) is 11.8 Å². The van der Waals surface area contributed by atoms with E-state index in [0.29, 0.717) is 12.5 Å². The molecule has 0 aliphatic carbocycles. The molecule has 0 saturated carbocycles. The molecule has 0 unspecified atom stereocenters. The molecule has 1 aliphatic heterocycles. The fraction of sp³-hybridized carbons (Fsp3) is 0.364. The third-order valence-corrected chi connectivity index (χ3v) is 4.96. The van der Waals surface area contributed by atoms with E-state index >= 15 is 0 Å². The SMILES string of the molecule is CC(=O)c1ccc(CC2CCN(C(=O)OCc3ccccc3)CC2)cc1. The van der Waals surface area contributed by atoms with Crippen LogP contribution in [0.3, 0.4) is 0 Å². The Morgan fingerprint density at radius 2 is 1.62 bits per heavy atom. The van der Waals surface area contributed by atoms with E-state index < -0.39 is 0 Å². The van der Waals surface area contributed by atoms with Gasteiger partial charge in [-0.3, -0.25) is 4.79 Å². The molecule has 1 heterocycles. The van der Waals surface area contributed by atoms with Gasteiger partial charge < -0.3 is 9.64 Å². The summed E-state index contributed by atoms with van der Waals surface area (Å²) in [6, 6.07) is 17.6. The summed E-state index contributed by atoms with van der Waals surface area (Å²) in [5.74, 6) is 0.662. The molecule has 3 rings (SSSR count). The number of hydrogen-bond donors (Lipinski definition) is 0. The lowest BCUT2D eigenvalue weighted by Gasteiger charge is -2.31. The molecule has 0 radical (unpaired) electrons. The third-order valence-electron chi connectivity index (χ3n) is 4.96. The molecule has 1 fully saturated rings. The minimum atomic E-state index is -0.224. The lowest BCUT2D eigenvalue weighted by molar-refractivity contribution is 0.0823. The maximum Gasteiger partial charge on any atom is 0.410 e. The zero-order valence-corrected chi connectivity index (χ0v) is 15.2. The first-order valence-electron chi connectivity index (χ1n) is 9.17. The highest BCUT2D eigenvalue weighted by molar-refractivity contribution is 5.94. The van der Waals surface area contributed by atoms with E-state index in [4.69, 9.17) is 4.74 Å². The summed E-state index contributed by atoms with van der Waals surface area (Å²) in [6.07, 6.45) is 2.73. The second-order valence-electron chi connectivity index (χ2n) is 6.93. The van der Waals surface area contributed by atoms with Crippen LogP contribution in [0.4, 0.5) is 4.79 Å². The predicted octanol–water partition coefficient (Wildman–Crippen LogP) is 4.48. The molecule has 2 aromatic rings. The van der Waals surface area contributed by atoms with Gasteiger partial charge in [-0.1, -0.05) is 54.6 Å². The number of amides is 1. The number of nitrogens with zero attached hydrogens (tertiary/aromatic N) is 1. The van der Waals surface area contributed by atoms with Crippen LogP contribution in [0.15, 0.2) is 54.6 Å². The van der Waals surface area contributed by atoms with Crippen molar-refractivity contribution in [3.8, 4) is 0 Å². The van der Waals surface area contributed by atoms with Gasteiger partial charge in [0.25, 0.3) is 0 Å². The number of hydrogen-bond acceptors (Lipinski definition) is 3. The van der Waals surface area contributed by atoms with E-state index in [9.17, 15) is 9.59 Å². The van der Waals surface area contributed by atoms with Crippen LogP contribution in [0, 0.1) is 5.92 Å². The fourth-order valence-electron chi connectivity index (χ4n) is 3.34. The normalized spacial score (nSPS) is 14.9. The smallest absolute Gasteiger partial charge is 0.410 e. The monoisotopic (exact) mass is 351 g/mol. The molecular formula is C22H25NO3. The zero-order chi connectivity index (χ0) is 18.4. The molecule has 1 aliphatic rings. The van der Waals surface area contributed by atoms with Crippen LogP contribution < -0.4 is 0 Å². The number of Topliss-reactive ketones (excluding diaryl/α,β-unsaturated/α-hetero) is 1. The lowest BCUT2D eigenvalue weighted by Crippen LogP contribution is -2.39. The summed E-state index contributed by atoms with van der Waals surface area (Å²) in [4.78, 5) is 25.4. The highest BCUT2D eigenvalue weighted by Crippen LogP contribution is 2.22. The average molecular weight is 351 g/mol. The molecule has 0 bridgehead atoms. The van der Waals surface area contributed by atoms with Crippen LogP contribution in [0.2, 0.25) is 0 Å². The maximum absolute atomic E-state index is 12.2. The number of benzene rings is 2. The zero-order valence-electron chi connectivity index (χ0n) is 15.2. The number of likely N-dealkylation sites (tertiary alicyclic amines) is 1. The van der Waals surface area contributed by atoms with Gasteiger partial charge in [0.2, 0.25) is 0 Å². The number of ketones is 1. The molecule has 4 heteroatoms. The summed E-state index contributed by atoms with van der Waals surface area (Å²) in [5.41, 5.74) is 3.01. The van der Waals surface area contributed by atoms with Crippen molar-refractivity contribution >= 4 is 11.9 Å². The molecule has 1 amide bonds. The minimum Gasteiger partial charge on any atom is -0.445 e. The van der Waals surface area contributed by atoms with Crippen LogP contribution >= 0.6 is 0 Å². The molecule has 0 atom stereocenters. The Hall–Kier alpha value is -2.62. The van der Waals surface area contributed by atoms with Crippen LogP contribution in [0.5, 0.6) is 0 Å². The minimum absolute atomic E-state index is 0.0962. The Morgan fingerprint density at radius 1 is 0.962 bits per heavy atom. The summed E-state index contributed by atoms with van der Waals surface area (Å²) in [6.45, 7) is 3.39. The van der Waals surface area contributed by atoms with E-state index in [0.717, 1.165) is 43.5 Å². The van der Waals surface area contributed by atoms with Gasteiger partial charge in [-0.05, 0) is 43.2 Å². The molecule has 4 nitrogen and oxygen atoms in total. The van der Waals surface area contributed by atoms with Gasteiger partial charge in [0, 0.05) is 18.7 Å². The second kappa shape index (κ2) is 8.65. The lowest BCUT2D eigenvalue weighted by atomic mass is 9.90. The second-order valence-corrected chi connectivity index (χ2v) is 6.93. The van der Waals surface area contributed by atoms with E-state index in [2.05, 4.69) is 0 Å². The van der Waals surface area contributed by atoms with Crippen LogP contribution in [-0.4, -0.2) is 29.9 Å². The van der Waals surface area contributed by atoms with Gasteiger partial charge in [-0.25, -0.2) is 4.79 Å². The molecule has 26 heavy (non-hydrogen) atoms. The third kappa shape index (κ3) is 4.94. The Kier molecular flexibility index (Phi) is 6.05. The summed E-state index contributed by atoms with van der Waals surface area (Å²) in [5, 5.41) is 0. The molecule has 2 aromatic carbocycles. The van der Waals surface area contributed by atoms with Crippen molar-refractivity contribution in [2.24, 2.45) is 5.92 Å². The topological polar surface area (TPSA) is 46.6 Å². The average Bonchev–Trinajstić information content (AvgIpc) is 2.68. The molecule has 136 valence electrons. The maximum atomic E-state index is 12.2. The quantitative estimate of drug-likeness (QED) is 0.746. The Labute approximate surface area is 154 Å².